The van der Waals surface area contributed by atoms with Gasteiger partial charge >= 0.3 is 0 Å². The van der Waals surface area contributed by atoms with Crippen LogP contribution in [0.2, 0.25) is 0 Å². The van der Waals surface area contributed by atoms with Crippen LogP contribution in [0.3, 0.4) is 0 Å². The number of amides is 1. The van der Waals surface area contributed by atoms with E-state index in [1.54, 1.807) is 0 Å². The number of carbonyl (C=O) groups is 2. The molecule has 1 amide bonds. The van der Waals surface area contributed by atoms with Crippen molar-refractivity contribution in [3.63, 3.8) is 0 Å². The highest BCUT2D eigenvalue weighted by Crippen LogP contribution is 2.25. The Kier molecular flexibility index (Phi) is 5.16. The van der Waals surface area contributed by atoms with Gasteiger partial charge in [-0.05, 0) is 35.4 Å². The third kappa shape index (κ3) is 3.86. The number of rotatable bonds is 4. The minimum Gasteiger partial charge on any atom is -0.338 e. The van der Waals surface area contributed by atoms with E-state index in [1.807, 2.05) is 64.2 Å². The quantitative estimate of drug-likeness (QED) is 0.591. The van der Waals surface area contributed by atoms with Crippen LogP contribution in [-0.2, 0) is 0 Å². The van der Waals surface area contributed by atoms with Gasteiger partial charge in [-0.3, -0.25) is 9.59 Å². The number of hydrogen-bond acceptors (Lipinski definition) is 3. The molecule has 0 unspecified atom stereocenters. The molecule has 0 spiro atoms. The van der Waals surface area contributed by atoms with Crippen molar-refractivity contribution in [1.82, 2.24) is 4.90 Å². The van der Waals surface area contributed by atoms with Crippen LogP contribution >= 0.6 is 11.3 Å². The summed E-state index contributed by atoms with van der Waals surface area (Å²) in [6.45, 7) is 1.24. The average molecular weight is 375 g/mol. The van der Waals surface area contributed by atoms with Crippen LogP contribution in [0.5, 0.6) is 0 Å². The Hall–Kier alpha value is -2.72. The van der Waals surface area contributed by atoms with E-state index in [0.717, 1.165) is 41.6 Å². The molecule has 1 aliphatic heterocycles. The molecule has 136 valence electrons. The van der Waals surface area contributed by atoms with Crippen LogP contribution in [0.25, 0.3) is 11.1 Å². The molecular formula is C23H21NO2S. The highest BCUT2D eigenvalue weighted by atomic mass is 32.1. The lowest BCUT2D eigenvalue weighted by molar-refractivity contribution is 0.0637. The zero-order chi connectivity index (χ0) is 18.6. The smallest absolute Gasteiger partial charge is 0.254 e. The molecule has 3 nitrogen and oxygen atoms in total. The standard InChI is InChI=1S/C23H21NO2S/c25-22(19-10-8-18(9-11-19)17-5-2-1-3-6-17)20-7-4-13-24(15-20)23(26)21-12-14-27-16-21/h1-3,5-6,8-12,14,16,20H,4,7,13,15H2/t20-/m0/s1. The Morgan fingerprint density at radius 2 is 1.63 bits per heavy atom. The lowest BCUT2D eigenvalue weighted by Gasteiger charge is -2.32. The summed E-state index contributed by atoms with van der Waals surface area (Å²) >= 11 is 1.52. The Bertz CT molecular complexity index is 917. The SMILES string of the molecule is O=C(c1ccc(-c2ccccc2)cc1)[C@H]1CCCN(C(=O)c2ccsc2)C1. The van der Waals surface area contributed by atoms with Crippen molar-refractivity contribution in [3.8, 4) is 11.1 Å². The van der Waals surface area contributed by atoms with Gasteiger partial charge in [-0.1, -0.05) is 54.6 Å². The van der Waals surface area contributed by atoms with Crippen molar-refractivity contribution in [2.24, 2.45) is 5.92 Å². The van der Waals surface area contributed by atoms with Gasteiger partial charge in [0, 0.05) is 30.0 Å². The fourth-order valence-corrected chi connectivity index (χ4v) is 4.27. The van der Waals surface area contributed by atoms with Crippen LogP contribution in [0.15, 0.2) is 71.4 Å². The summed E-state index contributed by atoms with van der Waals surface area (Å²) in [7, 11) is 0. The second-order valence-electron chi connectivity index (χ2n) is 6.91. The number of carbonyl (C=O) groups excluding carboxylic acids is 2. The van der Waals surface area contributed by atoms with Gasteiger partial charge in [0.15, 0.2) is 5.78 Å². The minimum absolute atomic E-state index is 0.0353. The lowest BCUT2D eigenvalue weighted by Crippen LogP contribution is -2.42. The summed E-state index contributed by atoms with van der Waals surface area (Å²) < 4.78 is 0. The normalized spacial score (nSPS) is 16.9. The molecule has 1 aliphatic rings. The van der Waals surface area contributed by atoms with Gasteiger partial charge in [-0.25, -0.2) is 0 Å². The summed E-state index contributed by atoms with van der Waals surface area (Å²) in [4.78, 5) is 27.4. The molecule has 0 radical (unpaired) electrons. The number of hydrogen-bond donors (Lipinski definition) is 0. The maximum atomic E-state index is 13.0. The molecule has 0 saturated carbocycles. The number of likely N-dealkylation sites (tertiary alicyclic amines) is 1. The maximum Gasteiger partial charge on any atom is 0.254 e. The summed E-state index contributed by atoms with van der Waals surface area (Å²) in [6, 6.07) is 19.8. The number of ketones is 1. The molecule has 27 heavy (non-hydrogen) atoms. The third-order valence-electron chi connectivity index (χ3n) is 5.12. The van der Waals surface area contributed by atoms with Crippen LogP contribution in [0.1, 0.15) is 33.6 Å². The number of nitrogens with zero attached hydrogens (tertiary/aromatic N) is 1. The summed E-state index contributed by atoms with van der Waals surface area (Å²) in [5.41, 5.74) is 3.69. The van der Waals surface area contributed by atoms with E-state index < -0.39 is 0 Å². The van der Waals surface area contributed by atoms with Gasteiger partial charge in [0.1, 0.15) is 0 Å². The predicted octanol–water partition coefficient (Wildman–Crippen LogP) is 5.15. The number of thiophene rings is 1. The van der Waals surface area contributed by atoms with Crippen molar-refractivity contribution in [1.29, 1.82) is 0 Å². The molecule has 4 rings (SSSR count). The summed E-state index contributed by atoms with van der Waals surface area (Å²) in [6.07, 6.45) is 1.71. The minimum atomic E-state index is -0.121. The zero-order valence-electron chi connectivity index (χ0n) is 15.0. The molecule has 1 fully saturated rings. The van der Waals surface area contributed by atoms with E-state index in [1.165, 1.54) is 11.3 Å². The molecule has 3 aromatic rings. The van der Waals surface area contributed by atoms with Crippen molar-refractivity contribution >= 4 is 23.0 Å². The van der Waals surface area contributed by atoms with Crippen molar-refractivity contribution < 1.29 is 9.59 Å². The van der Waals surface area contributed by atoms with E-state index >= 15 is 0 Å². The Morgan fingerprint density at radius 1 is 0.889 bits per heavy atom. The third-order valence-corrected chi connectivity index (χ3v) is 5.81. The fraction of sp³-hybridized carbons (Fsp3) is 0.217. The lowest BCUT2D eigenvalue weighted by atomic mass is 9.89. The van der Waals surface area contributed by atoms with Crippen LogP contribution < -0.4 is 0 Å². The topological polar surface area (TPSA) is 37.4 Å². The Morgan fingerprint density at radius 3 is 2.33 bits per heavy atom. The molecule has 1 aromatic heterocycles. The first-order valence-corrected chi connectivity index (χ1v) is 10.2. The second kappa shape index (κ2) is 7.89. The Balaban J connectivity index is 1.46. The number of piperidine rings is 1. The monoisotopic (exact) mass is 375 g/mol. The molecular weight excluding hydrogens is 354 g/mol. The highest BCUT2D eigenvalue weighted by molar-refractivity contribution is 7.08. The molecule has 2 heterocycles. The number of Topliss-reactive ketones (excluding diaryl/α,β-unsaturated/α-hetero) is 1. The molecule has 1 atom stereocenters. The van der Waals surface area contributed by atoms with E-state index in [4.69, 9.17) is 0 Å². The van der Waals surface area contributed by atoms with Gasteiger partial charge in [0.05, 0.1) is 5.56 Å². The first-order chi connectivity index (χ1) is 13.2. The highest BCUT2D eigenvalue weighted by Gasteiger charge is 2.29. The Labute approximate surface area is 163 Å². The zero-order valence-corrected chi connectivity index (χ0v) is 15.8. The molecule has 0 bridgehead atoms. The van der Waals surface area contributed by atoms with Crippen molar-refractivity contribution in [2.75, 3.05) is 13.1 Å². The van der Waals surface area contributed by atoms with E-state index in [-0.39, 0.29) is 17.6 Å². The summed E-state index contributed by atoms with van der Waals surface area (Å²) in [5.74, 6) is 0.0505. The fourth-order valence-electron chi connectivity index (χ4n) is 3.64. The van der Waals surface area contributed by atoms with E-state index in [0.29, 0.717) is 6.54 Å². The molecule has 0 aliphatic carbocycles. The van der Waals surface area contributed by atoms with Gasteiger partial charge in [0.2, 0.25) is 0 Å². The first-order valence-electron chi connectivity index (χ1n) is 9.23. The van der Waals surface area contributed by atoms with Crippen LogP contribution in [0.4, 0.5) is 0 Å². The van der Waals surface area contributed by atoms with E-state index in [2.05, 4.69) is 12.1 Å². The van der Waals surface area contributed by atoms with Crippen LogP contribution in [-0.4, -0.2) is 29.7 Å². The number of benzene rings is 2. The molecule has 0 N–H and O–H groups in total. The first kappa shape index (κ1) is 17.7. The van der Waals surface area contributed by atoms with Gasteiger partial charge < -0.3 is 4.90 Å². The molecule has 1 saturated heterocycles. The predicted molar refractivity (Wildman–Crippen MR) is 109 cm³/mol. The summed E-state index contributed by atoms with van der Waals surface area (Å²) in [5, 5.41) is 3.78. The molecule has 2 aromatic carbocycles. The van der Waals surface area contributed by atoms with Crippen LogP contribution in [0, 0.1) is 5.92 Å². The molecule has 4 heteroatoms. The van der Waals surface area contributed by atoms with Gasteiger partial charge in [-0.2, -0.15) is 11.3 Å². The van der Waals surface area contributed by atoms with Gasteiger partial charge in [-0.15, -0.1) is 0 Å². The second-order valence-corrected chi connectivity index (χ2v) is 7.69. The van der Waals surface area contributed by atoms with Crippen molar-refractivity contribution in [3.05, 3.63) is 82.6 Å². The average Bonchev–Trinajstić information content (AvgIpc) is 3.28. The van der Waals surface area contributed by atoms with E-state index in [9.17, 15) is 9.59 Å². The van der Waals surface area contributed by atoms with Gasteiger partial charge in [0.25, 0.3) is 5.91 Å². The maximum absolute atomic E-state index is 13.0. The van der Waals surface area contributed by atoms with Crippen molar-refractivity contribution in [2.45, 2.75) is 12.8 Å². The largest absolute Gasteiger partial charge is 0.338 e.